The maximum Gasteiger partial charge on any atom is 0.176 e. The minimum absolute atomic E-state index is 0.0223. The van der Waals surface area contributed by atoms with Crippen molar-refractivity contribution < 1.29 is 14.3 Å². The predicted molar refractivity (Wildman–Crippen MR) is 88.3 cm³/mol. The molecule has 1 aromatic carbocycles. The molecule has 0 bridgehead atoms. The second-order valence-corrected chi connectivity index (χ2v) is 6.53. The molecule has 0 radical (unpaired) electrons. The monoisotopic (exact) mass is 331 g/mol. The Labute approximate surface area is 140 Å². The summed E-state index contributed by atoms with van der Waals surface area (Å²) in [6.45, 7) is 4.07. The lowest BCUT2D eigenvalue weighted by Crippen LogP contribution is -2.48. The Bertz CT molecular complexity index is 703. The molecule has 1 aromatic heterocycles. The molecule has 6 heteroatoms. The average Bonchev–Trinajstić information content (AvgIpc) is 2.95. The van der Waals surface area contributed by atoms with Gasteiger partial charge in [0.25, 0.3) is 0 Å². The number of nitrogens with zero attached hydrogens (tertiary/aromatic N) is 3. The number of piperidine rings is 1. The summed E-state index contributed by atoms with van der Waals surface area (Å²) in [5, 5.41) is 10.8. The molecule has 2 heterocycles. The Morgan fingerprint density at radius 2 is 1.96 bits per heavy atom. The summed E-state index contributed by atoms with van der Waals surface area (Å²) in [6, 6.07) is 5.63. The number of aliphatic hydroxyl groups is 1. The number of carbonyl (C=O) groups excluding carboxylic acids is 1. The first kappa shape index (κ1) is 16.8. The lowest BCUT2D eigenvalue weighted by atomic mass is 9.91. The van der Waals surface area contributed by atoms with Gasteiger partial charge in [-0.3, -0.25) is 9.69 Å². The van der Waals surface area contributed by atoms with Crippen LogP contribution in [0.5, 0.6) is 0 Å². The van der Waals surface area contributed by atoms with Crippen LogP contribution < -0.4 is 0 Å². The maximum absolute atomic E-state index is 12.9. The van der Waals surface area contributed by atoms with Crippen molar-refractivity contribution in [3.63, 3.8) is 0 Å². The number of likely N-dealkylation sites (tertiary alicyclic amines) is 1. The molecule has 1 aliphatic rings. The molecule has 3 rings (SSSR count). The van der Waals surface area contributed by atoms with Crippen LogP contribution >= 0.6 is 0 Å². The van der Waals surface area contributed by atoms with Crippen molar-refractivity contribution in [3.8, 4) is 0 Å². The van der Waals surface area contributed by atoms with E-state index in [9.17, 15) is 14.3 Å². The van der Waals surface area contributed by atoms with Crippen LogP contribution in [0.25, 0.3) is 0 Å². The van der Waals surface area contributed by atoms with E-state index in [1.165, 1.54) is 24.3 Å². The first-order chi connectivity index (χ1) is 11.5. The summed E-state index contributed by atoms with van der Waals surface area (Å²) >= 11 is 0. The molecule has 0 spiro atoms. The van der Waals surface area contributed by atoms with Crippen LogP contribution in [0, 0.1) is 12.7 Å². The summed E-state index contributed by atoms with van der Waals surface area (Å²) in [6.07, 6.45) is 4.83. The predicted octanol–water partition coefficient (Wildman–Crippen LogP) is 2.04. The zero-order valence-corrected chi connectivity index (χ0v) is 13.8. The number of rotatable bonds is 5. The Morgan fingerprint density at radius 3 is 2.54 bits per heavy atom. The summed E-state index contributed by atoms with van der Waals surface area (Å²) in [4.78, 5) is 18.5. The van der Waals surface area contributed by atoms with E-state index in [1.54, 1.807) is 6.20 Å². The molecule has 1 saturated heterocycles. The van der Waals surface area contributed by atoms with Gasteiger partial charge >= 0.3 is 0 Å². The number of hydrogen-bond acceptors (Lipinski definition) is 4. The molecule has 128 valence electrons. The van der Waals surface area contributed by atoms with Gasteiger partial charge < -0.3 is 9.67 Å². The smallest absolute Gasteiger partial charge is 0.176 e. The van der Waals surface area contributed by atoms with E-state index in [1.807, 2.05) is 22.6 Å². The highest BCUT2D eigenvalue weighted by molar-refractivity contribution is 5.97. The zero-order valence-electron chi connectivity index (χ0n) is 13.8. The van der Waals surface area contributed by atoms with Crippen LogP contribution in [-0.4, -0.2) is 50.6 Å². The lowest BCUT2D eigenvalue weighted by Gasteiger charge is -2.38. The van der Waals surface area contributed by atoms with Gasteiger partial charge in [0.1, 0.15) is 11.6 Å². The van der Waals surface area contributed by atoms with Crippen molar-refractivity contribution in [1.29, 1.82) is 0 Å². The third-order valence-electron chi connectivity index (χ3n) is 4.71. The van der Waals surface area contributed by atoms with Gasteiger partial charge in [-0.15, -0.1) is 0 Å². The van der Waals surface area contributed by atoms with Crippen LogP contribution in [0.3, 0.4) is 0 Å². The van der Waals surface area contributed by atoms with Gasteiger partial charge in [0.2, 0.25) is 0 Å². The highest BCUT2D eigenvalue weighted by Gasteiger charge is 2.33. The number of carbonyl (C=O) groups is 1. The van der Waals surface area contributed by atoms with Gasteiger partial charge in [-0.1, -0.05) is 0 Å². The quantitative estimate of drug-likeness (QED) is 0.852. The van der Waals surface area contributed by atoms with Crippen molar-refractivity contribution in [1.82, 2.24) is 14.5 Å². The van der Waals surface area contributed by atoms with E-state index < -0.39 is 5.60 Å². The fourth-order valence-corrected chi connectivity index (χ4v) is 3.10. The van der Waals surface area contributed by atoms with Crippen molar-refractivity contribution in [2.75, 3.05) is 19.6 Å². The summed E-state index contributed by atoms with van der Waals surface area (Å²) in [7, 11) is 0. The van der Waals surface area contributed by atoms with Gasteiger partial charge in [0, 0.05) is 31.0 Å². The Morgan fingerprint density at radius 1 is 1.29 bits per heavy atom. The minimum atomic E-state index is -0.763. The van der Waals surface area contributed by atoms with Crippen molar-refractivity contribution in [2.45, 2.75) is 31.9 Å². The topological polar surface area (TPSA) is 58.4 Å². The molecular formula is C18H22FN3O2. The lowest BCUT2D eigenvalue weighted by molar-refractivity contribution is -0.0331. The van der Waals surface area contributed by atoms with E-state index in [2.05, 4.69) is 4.98 Å². The zero-order chi connectivity index (χ0) is 17.2. The van der Waals surface area contributed by atoms with Crippen LogP contribution in [0.1, 0.15) is 29.0 Å². The Kier molecular flexibility index (Phi) is 4.78. The number of aromatic nitrogens is 2. The number of hydrogen-bond donors (Lipinski definition) is 1. The van der Waals surface area contributed by atoms with Crippen LogP contribution in [0.15, 0.2) is 36.7 Å². The first-order valence-corrected chi connectivity index (χ1v) is 8.16. The molecule has 0 amide bonds. The number of Topliss-reactive ketones (excluding diaryl/α,β-unsaturated/α-hetero) is 1. The highest BCUT2D eigenvalue weighted by atomic mass is 19.1. The summed E-state index contributed by atoms with van der Waals surface area (Å²) in [5.41, 5.74) is -0.243. The highest BCUT2D eigenvalue weighted by Crippen LogP contribution is 2.24. The molecule has 0 aliphatic carbocycles. The Balaban J connectivity index is 1.54. The summed E-state index contributed by atoms with van der Waals surface area (Å²) in [5.74, 6) is 0.521. The molecule has 24 heavy (non-hydrogen) atoms. The van der Waals surface area contributed by atoms with E-state index in [-0.39, 0.29) is 11.6 Å². The molecule has 0 saturated carbocycles. The fourth-order valence-electron chi connectivity index (χ4n) is 3.10. The average molecular weight is 331 g/mol. The molecule has 1 N–H and O–H groups in total. The molecule has 1 aliphatic heterocycles. The minimum Gasteiger partial charge on any atom is -0.388 e. The van der Waals surface area contributed by atoms with Crippen molar-refractivity contribution in [3.05, 3.63) is 53.9 Å². The van der Waals surface area contributed by atoms with Gasteiger partial charge in [0.05, 0.1) is 18.7 Å². The van der Waals surface area contributed by atoms with Crippen LogP contribution in [0.4, 0.5) is 4.39 Å². The normalized spacial score (nSPS) is 17.8. The van der Waals surface area contributed by atoms with Crippen LogP contribution in [0.2, 0.25) is 0 Å². The van der Waals surface area contributed by atoms with E-state index in [0.29, 0.717) is 44.6 Å². The number of imidazole rings is 1. The molecule has 2 aromatic rings. The first-order valence-electron chi connectivity index (χ1n) is 8.16. The van der Waals surface area contributed by atoms with Crippen molar-refractivity contribution >= 4 is 5.78 Å². The van der Waals surface area contributed by atoms with Gasteiger partial charge in [-0.2, -0.15) is 0 Å². The fraction of sp³-hybridized carbons (Fsp3) is 0.444. The number of aryl methyl sites for hydroxylation is 1. The maximum atomic E-state index is 12.9. The van der Waals surface area contributed by atoms with Gasteiger partial charge in [-0.25, -0.2) is 9.37 Å². The molecule has 0 atom stereocenters. The van der Waals surface area contributed by atoms with E-state index in [4.69, 9.17) is 0 Å². The standard InChI is InChI=1S/C18H22FN3O2/c1-14-20-8-11-22(14)13-18(24)6-9-21(10-7-18)12-17(23)15-2-4-16(19)5-3-15/h2-5,8,11,24H,6-7,9-10,12-13H2,1H3. The number of ketones is 1. The van der Waals surface area contributed by atoms with Gasteiger partial charge in [0.15, 0.2) is 5.78 Å². The molecule has 5 nitrogen and oxygen atoms in total. The SMILES string of the molecule is Cc1nccn1CC1(O)CCN(CC(=O)c2ccc(F)cc2)CC1. The number of benzene rings is 1. The van der Waals surface area contributed by atoms with E-state index in [0.717, 1.165) is 5.82 Å². The molecular weight excluding hydrogens is 309 g/mol. The molecule has 0 unspecified atom stereocenters. The Hall–Kier alpha value is -2.05. The third kappa shape index (κ3) is 3.88. The molecule has 1 fully saturated rings. The summed E-state index contributed by atoms with van der Waals surface area (Å²) < 4.78 is 14.9. The second-order valence-electron chi connectivity index (χ2n) is 6.53. The van der Waals surface area contributed by atoms with E-state index >= 15 is 0 Å². The third-order valence-corrected chi connectivity index (χ3v) is 4.71. The van der Waals surface area contributed by atoms with Crippen LogP contribution in [-0.2, 0) is 6.54 Å². The van der Waals surface area contributed by atoms with Crippen molar-refractivity contribution in [2.24, 2.45) is 0 Å². The van der Waals surface area contributed by atoms with Gasteiger partial charge in [-0.05, 0) is 44.0 Å². The second kappa shape index (κ2) is 6.83. The largest absolute Gasteiger partial charge is 0.388 e. The number of halogens is 1.